The number of carbonyl (C=O) groups is 1. The number of hydrogen-bond donors (Lipinski definition) is 1. The maximum Gasteiger partial charge on any atom is 0.219 e. The molecule has 1 aromatic carbocycles. The number of aliphatic hydroxyl groups excluding tert-OH is 1. The second-order valence-electron chi connectivity index (χ2n) is 4.78. The molecule has 0 saturated carbocycles. The van der Waals surface area contributed by atoms with Gasteiger partial charge in [-0.2, -0.15) is 0 Å². The summed E-state index contributed by atoms with van der Waals surface area (Å²) in [7, 11) is 0. The molecule has 104 valence electrons. The van der Waals surface area contributed by atoms with Crippen LogP contribution in [-0.4, -0.2) is 42.1 Å². The third-order valence-corrected chi connectivity index (χ3v) is 3.49. The molecule has 0 bridgehead atoms. The molecular formula is C14H19FN2O2. The van der Waals surface area contributed by atoms with Crippen molar-refractivity contribution in [2.45, 2.75) is 20.0 Å². The molecule has 1 aromatic rings. The second-order valence-corrected chi connectivity index (χ2v) is 4.78. The van der Waals surface area contributed by atoms with Crippen LogP contribution in [0.1, 0.15) is 18.9 Å². The number of aliphatic hydroxyl groups is 1. The summed E-state index contributed by atoms with van der Waals surface area (Å²) < 4.78 is 13.2. The molecule has 4 nitrogen and oxygen atoms in total. The molecule has 1 fully saturated rings. The summed E-state index contributed by atoms with van der Waals surface area (Å²) in [4.78, 5) is 15.3. The average Bonchev–Trinajstić information content (AvgIpc) is 2.64. The summed E-state index contributed by atoms with van der Waals surface area (Å²) in [5.41, 5.74) is 1.45. The molecule has 1 aliphatic rings. The third-order valence-electron chi connectivity index (χ3n) is 3.49. The van der Waals surface area contributed by atoms with Gasteiger partial charge in [0, 0.05) is 44.4 Å². The Labute approximate surface area is 112 Å². The number of halogens is 1. The van der Waals surface area contributed by atoms with Crippen LogP contribution in [0.3, 0.4) is 0 Å². The van der Waals surface area contributed by atoms with Crippen molar-refractivity contribution < 1.29 is 14.3 Å². The molecule has 1 amide bonds. The van der Waals surface area contributed by atoms with Gasteiger partial charge in [0.2, 0.25) is 5.91 Å². The molecule has 0 aliphatic carbocycles. The highest BCUT2D eigenvalue weighted by molar-refractivity contribution is 5.73. The van der Waals surface area contributed by atoms with Gasteiger partial charge in [0.1, 0.15) is 5.82 Å². The fourth-order valence-corrected chi connectivity index (χ4v) is 2.46. The smallest absolute Gasteiger partial charge is 0.219 e. The summed E-state index contributed by atoms with van der Waals surface area (Å²) in [6.07, 6.45) is 0.877. The van der Waals surface area contributed by atoms with E-state index in [9.17, 15) is 14.3 Å². The van der Waals surface area contributed by atoms with Crippen molar-refractivity contribution in [2.24, 2.45) is 0 Å². The van der Waals surface area contributed by atoms with Gasteiger partial charge in [0.15, 0.2) is 0 Å². The lowest BCUT2D eigenvalue weighted by atomic mass is 10.1. The van der Waals surface area contributed by atoms with E-state index in [-0.39, 0.29) is 18.3 Å². The number of nitrogens with zero attached hydrogens (tertiary/aromatic N) is 2. The highest BCUT2D eigenvalue weighted by Gasteiger charge is 2.18. The highest BCUT2D eigenvalue weighted by atomic mass is 19.1. The van der Waals surface area contributed by atoms with Crippen LogP contribution in [-0.2, 0) is 11.4 Å². The summed E-state index contributed by atoms with van der Waals surface area (Å²) in [5, 5.41) is 9.33. The number of rotatable bonds is 2. The molecule has 0 spiro atoms. The van der Waals surface area contributed by atoms with E-state index in [1.165, 1.54) is 12.1 Å². The van der Waals surface area contributed by atoms with Gasteiger partial charge in [-0.15, -0.1) is 0 Å². The maximum atomic E-state index is 13.2. The number of amides is 1. The van der Waals surface area contributed by atoms with Crippen LogP contribution >= 0.6 is 0 Å². The fourth-order valence-electron chi connectivity index (χ4n) is 2.46. The van der Waals surface area contributed by atoms with E-state index >= 15 is 0 Å². The molecule has 19 heavy (non-hydrogen) atoms. The van der Waals surface area contributed by atoms with Crippen molar-refractivity contribution in [3.63, 3.8) is 0 Å². The average molecular weight is 266 g/mol. The minimum absolute atomic E-state index is 0.0864. The van der Waals surface area contributed by atoms with E-state index in [1.54, 1.807) is 13.0 Å². The van der Waals surface area contributed by atoms with Crippen molar-refractivity contribution in [2.75, 3.05) is 31.1 Å². The standard InChI is InChI=1S/C14H19FN2O2/c1-11(19)16-5-2-6-17(8-7-16)14-4-3-13(15)9-12(14)10-18/h3-4,9,18H,2,5-8,10H2,1H3. The molecule has 2 rings (SSSR count). The Kier molecular flexibility index (Phi) is 4.37. The molecule has 0 radical (unpaired) electrons. The van der Waals surface area contributed by atoms with E-state index in [1.807, 2.05) is 4.90 Å². The van der Waals surface area contributed by atoms with Gasteiger partial charge in [0.05, 0.1) is 6.61 Å². The Morgan fingerprint density at radius 1 is 1.32 bits per heavy atom. The summed E-state index contributed by atoms with van der Waals surface area (Å²) in [5.74, 6) is -0.253. The summed E-state index contributed by atoms with van der Waals surface area (Å²) in [6, 6.07) is 4.47. The fraction of sp³-hybridized carbons (Fsp3) is 0.500. The van der Waals surface area contributed by atoms with Crippen molar-refractivity contribution in [1.29, 1.82) is 0 Å². The lowest BCUT2D eigenvalue weighted by molar-refractivity contribution is -0.128. The van der Waals surface area contributed by atoms with Gasteiger partial charge in [-0.25, -0.2) is 4.39 Å². The topological polar surface area (TPSA) is 43.8 Å². The Hall–Kier alpha value is -1.62. The largest absolute Gasteiger partial charge is 0.392 e. The van der Waals surface area contributed by atoms with Crippen LogP contribution in [0.4, 0.5) is 10.1 Å². The molecule has 1 N–H and O–H groups in total. The van der Waals surface area contributed by atoms with E-state index in [0.717, 1.165) is 25.2 Å². The zero-order chi connectivity index (χ0) is 13.8. The van der Waals surface area contributed by atoms with Crippen molar-refractivity contribution in [3.05, 3.63) is 29.6 Å². The first-order valence-electron chi connectivity index (χ1n) is 6.51. The Balaban J connectivity index is 2.16. The maximum absolute atomic E-state index is 13.2. The lowest BCUT2D eigenvalue weighted by Gasteiger charge is -2.25. The zero-order valence-corrected chi connectivity index (χ0v) is 11.1. The first kappa shape index (κ1) is 13.8. The van der Waals surface area contributed by atoms with Gasteiger partial charge in [0.25, 0.3) is 0 Å². The molecular weight excluding hydrogens is 247 g/mol. The van der Waals surface area contributed by atoms with E-state index in [2.05, 4.69) is 4.90 Å². The monoisotopic (exact) mass is 266 g/mol. The summed E-state index contributed by atoms with van der Waals surface area (Å²) in [6.45, 7) is 4.33. The van der Waals surface area contributed by atoms with Crippen LogP contribution < -0.4 is 4.90 Å². The molecule has 1 aliphatic heterocycles. The second kappa shape index (κ2) is 6.02. The van der Waals surface area contributed by atoms with Gasteiger partial charge < -0.3 is 14.9 Å². The minimum atomic E-state index is -0.340. The quantitative estimate of drug-likeness (QED) is 0.879. The summed E-state index contributed by atoms with van der Waals surface area (Å²) >= 11 is 0. The minimum Gasteiger partial charge on any atom is -0.392 e. The molecule has 5 heteroatoms. The van der Waals surface area contributed by atoms with Crippen molar-refractivity contribution >= 4 is 11.6 Å². The van der Waals surface area contributed by atoms with Crippen LogP contribution in [0.25, 0.3) is 0 Å². The molecule has 0 aromatic heterocycles. The molecule has 1 heterocycles. The Bertz CT molecular complexity index is 465. The molecule has 0 unspecified atom stereocenters. The normalized spacial score (nSPS) is 16.4. The van der Waals surface area contributed by atoms with Crippen LogP contribution in [0.2, 0.25) is 0 Å². The predicted octanol–water partition coefficient (Wildman–Crippen LogP) is 1.38. The van der Waals surface area contributed by atoms with Gasteiger partial charge in [-0.05, 0) is 24.6 Å². The number of benzene rings is 1. The van der Waals surface area contributed by atoms with Gasteiger partial charge >= 0.3 is 0 Å². The molecule has 1 saturated heterocycles. The van der Waals surface area contributed by atoms with Crippen molar-refractivity contribution in [3.8, 4) is 0 Å². The van der Waals surface area contributed by atoms with E-state index < -0.39 is 0 Å². The molecule has 0 atom stereocenters. The Morgan fingerprint density at radius 3 is 2.79 bits per heavy atom. The highest BCUT2D eigenvalue weighted by Crippen LogP contribution is 2.23. The van der Waals surface area contributed by atoms with Crippen LogP contribution in [0.15, 0.2) is 18.2 Å². The van der Waals surface area contributed by atoms with E-state index in [0.29, 0.717) is 18.7 Å². The third kappa shape index (κ3) is 3.23. The lowest BCUT2D eigenvalue weighted by Crippen LogP contribution is -2.33. The van der Waals surface area contributed by atoms with Crippen LogP contribution in [0.5, 0.6) is 0 Å². The number of carbonyl (C=O) groups excluding carboxylic acids is 1. The van der Waals surface area contributed by atoms with E-state index in [4.69, 9.17) is 0 Å². The van der Waals surface area contributed by atoms with Crippen LogP contribution in [0, 0.1) is 5.82 Å². The Morgan fingerprint density at radius 2 is 2.11 bits per heavy atom. The van der Waals surface area contributed by atoms with Gasteiger partial charge in [-0.3, -0.25) is 4.79 Å². The predicted molar refractivity (Wildman–Crippen MR) is 71.4 cm³/mol. The SMILES string of the molecule is CC(=O)N1CCCN(c2ccc(F)cc2CO)CC1. The number of hydrogen-bond acceptors (Lipinski definition) is 3. The first-order valence-corrected chi connectivity index (χ1v) is 6.51. The van der Waals surface area contributed by atoms with Crippen molar-refractivity contribution in [1.82, 2.24) is 4.90 Å². The zero-order valence-electron chi connectivity index (χ0n) is 11.1. The number of anilines is 1. The first-order chi connectivity index (χ1) is 9.11. The van der Waals surface area contributed by atoms with Gasteiger partial charge in [-0.1, -0.05) is 0 Å².